The maximum Gasteiger partial charge on any atom is 0.138 e. The average Bonchev–Trinajstić information content (AvgIpc) is 2.56. The van der Waals surface area contributed by atoms with Gasteiger partial charge in [0.25, 0.3) is 0 Å². The van der Waals surface area contributed by atoms with Gasteiger partial charge in [-0.2, -0.15) is 0 Å². The van der Waals surface area contributed by atoms with Gasteiger partial charge in [-0.1, -0.05) is 18.5 Å². The first-order valence-electron chi connectivity index (χ1n) is 5.06. The Morgan fingerprint density at radius 2 is 2.33 bits per heavy atom. The fraction of sp³-hybridized carbons (Fsp3) is 0.364. The van der Waals surface area contributed by atoms with Crippen molar-refractivity contribution >= 4 is 17.2 Å². The van der Waals surface area contributed by atoms with E-state index in [1.54, 1.807) is 0 Å². The largest absolute Gasteiger partial charge is 0.316 e. The van der Waals surface area contributed by atoms with E-state index in [4.69, 9.17) is 11.6 Å². The van der Waals surface area contributed by atoms with E-state index in [0.717, 1.165) is 29.5 Å². The maximum absolute atomic E-state index is 6.17. The summed E-state index contributed by atoms with van der Waals surface area (Å²) in [6.45, 7) is 2.91. The molecule has 4 heteroatoms. The summed E-state index contributed by atoms with van der Waals surface area (Å²) in [5, 5.41) is 3.84. The first-order chi connectivity index (χ1) is 7.26. The Bertz CT molecular complexity index is 476. The number of hydrogen-bond acceptors (Lipinski definition) is 2. The van der Waals surface area contributed by atoms with E-state index >= 15 is 0 Å². The summed E-state index contributed by atoms with van der Waals surface area (Å²) in [5.74, 6) is 0. The summed E-state index contributed by atoms with van der Waals surface area (Å²) < 4.78 is 1.92. The van der Waals surface area contributed by atoms with E-state index in [-0.39, 0.29) is 0 Å². The number of hydrogen-bond donors (Lipinski definition) is 1. The van der Waals surface area contributed by atoms with Gasteiger partial charge in [-0.15, -0.1) is 0 Å². The number of rotatable bonds is 3. The number of nitrogens with one attached hydrogen (secondary N) is 1. The van der Waals surface area contributed by atoms with Crippen LogP contribution in [0, 0.1) is 0 Å². The molecule has 0 saturated heterocycles. The molecule has 2 aromatic heterocycles. The Labute approximate surface area is 94.1 Å². The highest BCUT2D eigenvalue weighted by Crippen LogP contribution is 2.19. The van der Waals surface area contributed by atoms with Crippen molar-refractivity contribution < 1.29 is 0 Å². The van der Waals surface area contributed by atoms with Gasteiger partial charge in [-0.3, -0.25) is 4.40 Å². The lowest BCUT2D eigenvalue weighted by atomic mass is 10.2. The van der Waals surface area contributed by atoms with E-state index in [9.17, 15) is 0 Å². The highest BCUT2D eigenvalue weighted by atomic mass is 35.5. The van der Waals surface area contributed by atoms with Crippen LogP contribution >= 0.6 is 11.6 Å². The molecule has 1 N–H and O–H groups in total. The van der Waals surface area contributed by atoms with Crippen LogP contribution in [0.15, 0.2) is 18.3 Å². The fourth-order valence-corrected chi connectivity index (χ4v) is 1.96. The minimum atomic E-state index is 0.725. The second-order valence-electron chi connectivity index (χ2n) is 3.50. The lowest BCUT2D eigenvalue weighted by Crippen LogP contribution is -2.05. The molecule has 0 aliphatic carbocycles. The summed E-state index contributed by atoms with van der Waals surface area (Å²) in [7, 11) is 1.93. The quantitative estimate of drug-likeness (QED) is 0.865. The fourth-order valence-electron chi connectivity index (χ4n) is 1.64. The molecule has 0 spiro atoms. The number of pyridine rings is 1. The van der Waals surface area contributed by atoms with E-state index in [0.29, 0.717) is 0 Å². The first kappa shape index (κ1) is 10.5. The van der Waals surface area contributed by atoms with Crippen LogP contribution in [-0.4, -0.2) is 16.4 Å². The van der Waals surface area contributed by atoms with E-state index in [2.05, 4.69) is 29.4 Å². The van der Waals surface area contributed by atoms with Crippen molar-refractivity contribution in [2.45, 2.75) is 19.9 Å². The van der Waals surface area contributed by atoms with Crippen molar-refractivity contribution in [3.63, 3.8) is 0 Å². The molecule has 2 rings (SSSR count). The van der Waals surface area contributed by atoms with Gasteiger partial charge >= 0.3 is 0 Å². The zero-order valence-corrected chi connectivity index (χ0v) is 9.67. The molecule has 0 unspecified atom stereocenters. The third-order valence-corrected chi connectivity index (χ3v) is 2.81. The van der Waals surface area contributed by atoms with Gasteiger partial charge < -0.3 is 5.32 Å². The number of nitrogens with zero attached hydrogens (tertiary/aromatic N) is 2. The highest BCUT2D eigenvalue weighted by Gasteiger charge is 2.07. The number of halogens is 1. The monoisotopic (exact) mass is 223 g/mol. The molecular weight excluding hydrogens is 210 g/mol. The molecule has 2 aromatic rings. The molecule has 0 saturated carbocycles. The molecule has 0 aliphatic rings. The Hall–Kier alpha value is -1.06. The summed E-state index contributed by atoms with van der Waals surface area (Å²) >= 11 is 6.17. The Balaban J connectivity index is 2.53. The van der Waals surface area contributed by atoms with Gasteiger partial charge in [-0.25, -0.2) is 4.98 Å². The van der Waals surface area contributed by atoms with Gasteiger partial charge in [0, 0.05) is 12.7 Å². The van der Waals surface area contributed by atoms with Crippen molar-refractivity contribution in [3.8, 4) is 0 Å². The van der Waals surface area contributed by atoms with Crippen molar-refractivity contribution in [1.82, 2.24) is 14.7 Å². The molecule has 2 heterocycles. The lowest BCUT2D eigenvalue weighted by molar-refractivity contribution is 0.816. The molecule has 3 nitrogen and oxygen atoms in total. The molecule has 15 heavy (non-hydrogen) atoms. The highest BCUT2D eigenvalue weighted by molar-refractivity contribution is 6.30. The topological polar surface area (TPSA) is 29.3 Å². The molecule has 0 radical (unpaired) electrons. The predicted molar refractivity (Wildman–Crippen MR) is 62.3 cm³/mol. The number of imidazole rings is 1. The zero-order chi connectivity index (χ0) is 10.8. The minimum absolute atomic E-state index is 0.725. The third kappa shape index (κ3) is 1.85. The SMILES string of the molecule is CCc1nc2cc(CNC)ccn2c1Cl. The zero-order valence-electron chi connectivity index (χ0n) is 8.92. The van der Waals surface area contributed by atoms with Crippen LogP contribution in [0.25, 0.3) is 5.65 Å². The predicted octanol–water partition coefficient (Wildman–Crippen LogP) is 2.27. The summed E-state index contributed by atoms with van der Waals surface area (Å²) in [4.78, 5) is 4.48. The van der Waals surface area contributed by atoms with Gasteiger partial charge in [0.15, 0.2) is 0 Å². The lowest BCUT2D eigenvalue weighted by Gasteiger charge is -2.00. The van der Waals surface area contributed by atoms with Gasteiger partial charge in [0.05, 0.1) is 5.69 Å². The second-order valence-corrected chi connectivity index (χ2v) is 3.85. The Kier molecular flexibility index (Phi) is 2.93. The van der Waals surface area contributed by atoms with Crippen LogP contribution in [0.4, 0.5) is 0 Å². The van der Waals surface area contributed by atoms with Crippen LogP contribution in [0.2, 0.25) is 5.15 Å². The van der Waals surface area contributed by atoms with Gasteiger partial charge in [-0.05, 0) is 31.2 Å². The smallest absolute Gasteiger partial charge is 0.138 e. The molecule has 0 atom stereocenters. The molecule has 0 amide bonds. The normalized spacial score (nSPS) is 11.1. The first-order valence-corrected chi connectivity index (χ1v) is 5.44. The molecular formula is C11H14ClN3. The molecule has 80 valence electrons. The summed E-state index contributed by atoms with van der Waals surface area (Å²) in [6, 6.07) is 4.11. The third-order valence-electron chi connectivity index (χ3n) is 2.41. The molecule has 0 aromatic carbocycles. The summed E-state index contributed by atoms with van der Waals surface area (Å²) in [5.41, 5.74) is 3.09. The summed E-state index contributed by atoms with van der Waals surface area (Å²) in [6.07, 6.45) is 2.83. The van der Waals surface area contributed by atoms with Crippen LogP contribution in [-0.2, 0) is 13.0 Å². The van der Waals surface area contributed by atoms with E-state index in [1.165, 1.54) is 5.56 Å². The van der Waals surface area contributed by atoms with Gasteiger partial charge in [0.2, 0.25) is 0 Å². The maximum atomic E-state index is 6.17. The van der Waals surface area contributed by atoms with E-state index in [1.807, 2.05) is 17.6 Å². The van der Waals surface area contributed by atoms with Crippen LogP contribution in [0.1, 0.15) is 18.2 Å². The number of aryl methyl sites for hydroxylation is 1. The Morgan fingerprint density at radius 3 is 3.00 bits per heavy atom. The number of fused-ring (bicyclic) bond motifs is 1. The van der Waals surface area contributed by atoms with Crippen LogP contribution in [0.5, 0.6) is 0 Å². The number of aromatic nitrogens is 2. The second kappa shape index (κ2) is 4.21. The van der Waals surface area contributed by atoms with Crippen molar-refractivity contribution in [2.24, 2.45) is 0 Å². The standard InChI is InChI=1S/C11H14ClN3/c1-3-9-11(12)15-5-4-8(7-13-2)6-10(15)14-9/h4-6,13H,3,7H2,1-2H3. The van der Waals surface area contributed by atoms with E-state index < -0.39 is 0 Å². The van der Waals surface area contributed by atoms with Crippen molar-refractivity contribution in [1.29, 1.82) is 0 Å². The molecule has 0 fully saturated rings. The minimum Gasteiger partial charge on any atom is -0.316 e. The molecule has 0 bridgehead atoms. The Morgan fingerprint density at radius 1 is 1.53 bits per heavy atom. The van der Waals surface area contributed by atoms with Crippen molar-refractivity contribution in [2.75, 3.05) is 7.05 Å². The van der Waals surface area contributed by atoms with Crippen LogP contribution < -0.4 is 5.32 Å². The molecule has 0 aliphatic heterocycles. The van der Waals surface area contributed by atoms with Crippen LogP contribution in [0.3, 0.4) is 0 Å². The average molecular weight is 224 g/mol. The van der Waals surface area contributed by atoms with Crippen molar-refractivity contribution in [3.05, 3.63) is 34.7 Å². The van der Waals surface area contributed by atoms with Gasteiger partial charge in [0.1, 0.15) is 10.8 Å².